The molecule has 3 heterocycles. The maximum Gasteiger partial charge on any atom is 0.282 e. The van der Waals surface area contributed by atoms with Crippen LogP contribution in [0.3, 0.4) is 0 Å². The van der Waals surface area contributed by atoms with E-state index in [4.69, 9.17) is 0 Å². The predicted octanol–water partition coefficient (Wildman–Crippen LogP) is 4.20. The van der Waals surface area contributed by atoms with Crippen molar-refractivity contribution in [3.63, 3.8) is 0 Å². The summed E-state index contributed by atoms with van der Waals surface area (Å²) in [4.78, 5) is 19.9. The second-order valence-corrected chi connectivity index (χ2v) is 7.49. The van der Waals surface area contributed by atoms with Crippen LogP contribution in [-0.2, 0) is 0 Å². The van der Waals surface area contributed by atoms with Crippen LogP contribution in [0, 0.1) is 13.8 Å². The molecule has 0 N–H and O–H groups in total. The van der Waals surface area contributed by atoms with Gasteiger partial charge in [0.1, 0.15) is 5.84 Å². The highest BCUT2D eigenvalue weighted by molar-refractivity contribution is 5.91. The molecule has 2 aromatic heterocycles. The van der Waals surface area contributed by atoms with Gasteiger partial charge >= 0.3 is 0 Å². The molecule has 1 aliphatic heterocycles. The highest BCUT2D eigenvalue weighted by Crippen LogP contribution is 2.29. The molecule has 150 valence electrons. The monoisotopic (exact) mass is 389 g/mol. The number of aliphatic imine (C=N–C) groups is 1. The Balaban J connectivity index is 1.85. The fraction of sp³-hybridized carbons (Fsp3) is 0.348. The summed E-state index contributed by atoms with van der Waals surface area (Å²) in [6.45, 7) is 10.1. The molecule has 6 nitrogen and oxygen atoms in total. The first-order valence-corrected chi connectivity index (χ1v) is 10.2. The van der Waals surface area contributed by atoms with Crippen molar-refractivity contribution in [2.45, 2.75) is 40.5 Å². The highest BCUT2D eigenvalue weighted by atomic mass is 16.1. The molecular formula is C23H27N5O. The Morgan fingerprint density at radius 1 is 1.21 bits per heavy atom. The molecule has 0 unspecified atom stereocenters. The summed E-state index contributed by atoms with van der Waals surface area (Å²) in [6, 6.07) is 8.53. The molecule has 29 heavy (non-hydrogen) atoms. The lowest BCUT2D eigenvalue weighted by Gasteiger charge is -2.33. The Bertz CT molecular complexity index is 1180. The Labute approximate surface area is 170 Å². The van der Waals surface area contributed by atoms with E-state index >= 15 is 0 Å². The van der Waals surface area contributed by atoms with Crippen molar-refractivity contribution in [2.24, 2.45) is 4.99 Å². The van der Waals surface area contributed by atoms with Gasteiger partial charge in [-0.1, -0.05) is 19.1 Å². The van der Waals surface area contributed by atoms with Crippen LogP contribution >= 0.6 is 0 Å². The number of benzene rings is 1. The van der Waals surface area contributed by atoms with Crippen LogP contribution in [0.15, 0.2) is 52.5 Å². The van der Waals surface area contributed by atoms with Crippen LogP contribution in [0.4, 0.5) is 5.69 Å². The molecule has 1 fully saturated rings. The van der Waals surface area contributed by atoms with Crippen molar-refractivity contribution in [1.82, 2.24) is 14.3 Å². The molecule has 6 heteroatoms. The fourth-order valence-electron chi connectivity index (χ4n) is 3.90. The predicted molar refractivity (Wildman–Crippen MR) is 120 cm³/mol. The minimum atomic E-state index is -0.133. The summed E-state index contributed by atoms with van der Waals surface area (Å²) < 4.78 is 3.54. The molecule has 0 spiro atoms. The van der Waals surface area contributed by atoms with Crippen molar-refractivity contribution >= 4 is 22.3 Å². The molecule has 4 rings (SSSR count). The van der Waals surface area contributed by atoms with Gasteiger partial charge in [-0.3, -0.25) is 4.79 Å². The number of rotatable bonds is 4. The lowest BCUT2D eigenvalue weighted by Crippen LogP contribution is -2.36. The summed E-state index contributed by atoms with van der Waals surface area (Å²) in [7, 11) is 0. The van der Waals surface area contributed by atoms with Crippen LogP contribution < -0.4 is 10.5 Å². The Kier molecular flexibility index (Phi) is 5.09. The third-order valence-corrected chi connectivity index (χ3v) is 5.62. The number of hydrogen-bond donors (Lipinski definition) is 0. The largest absolute Gasteiger partial charge is 0.371 e. The topological polar surface area (TPSA) is 55.4 Å². The van der Waals surface area contributed by atoms with Crippen molar-refractivity contribution in [3.05, 3.63) is 64.5 Å². The van der Waals surface area contributed by atoms with Gasteiger partial charge < -0.3 is 9.47 Å². The summed E-state index contributed by atoms with van der Waals surface area (Å²) in [5, 5.41) is 5.96. The Morgan fingerprint density at radius 3 is 2.66 bits per heavy atom. The number of fused-ring (bicyclic) bond motifs is 1. The molecule has 0 saturated carbocycles. The minimum absolute atomic E-state index is 0.133. The van der Waals surface area contributed by atoms with Gasteiger partial charge in [0.05, 0.1) is 11.6 Å². The average molecular weight is 390 g/mol. The van der Waals surface area contributed by atoms with E-state index in [1.165, 1.54) is 16.8 Å². The molecule has 0 atom stereocenters. The molecule has 1 saturated heterocycles. The zero-order chi connectivity index (χ0) is 20.5. The van der Waals surface area contributed by atoms with Crippen molar-refractivity contribution in [1.29, 1.82) is 0 Å². The van der Waals surface area contributed by atoms with Gasteiger partial charge in [0, 0.05) is 47.4 Å². The van der Waals surface area contributed by atoms with Crippen LogP contribution in [0.5, 0.6) is 0 Å². The molecule has 0 radical (unpaired) electrons. The van der Waals surface area contributed by atoms with E-state index in [2.05, 4.69) is 43.8 Å². The number of allylic oxidation sites excluding steroid dienone is 1. The Hall–Kier alpha value is -3.15. The van der Waals surface area contributed by atoms with Gasteiger partial charge in [-0.2, -0.15) is 9.78 Å². The second kappa shape index (κ2) is 7.70. The standard InChI is InChI=1S/C23H27N5O/c1-5-6-11-24-18(4)28-23(29)22-17(3)27(16(2)21(22)15-25-28)20-10-7-9-19(14-20)26-12-8-13-26/h6-7,9-11,14-15H,5,8,12-13H2,1-4H3/b11-6-,24-18?. The molecule has 1 aromatic carbocycles. The lowest BCUT2D eigenvalue weighted by atomic mass is 10.1. The van der Waals surface area contributed by atoms with E-state index < -0.39 is 0 Å². The average Bonchev–Trinajstić information content (AvgIpc) is 2.92. The summed E-state index contributed by atoms with van der Waals surface area (Å²) in [5.41, 5.74) is 4.12. The van der Waals surface area contributed by atoms with E-state index in [1.54, 1.807) is 19.3 Å². The van der Waals surface area contributed by atoms with Gasteiger partial charge in [-0.25, -0.2) is 4.99 Å². The van der Waals surface area contributed by atoms with Crippen LogP contribution in [-0.4, -0.2) is 33.3 Å². The highest BCUT2D eigenvalue weighted by Gasteiger charge is 2.19. The SMILES string of the molecule is CC/C=C\N=C(C)n1ncc2c(C)n(-c3cccc(N4CCC4)c3)c(C)c2c1=O. The first kappa shape index (κ1) is 19.2. The molecular weight excluding hydrogens is 362 g/mol. The number of hydrogen-bond acceptors (Lipinski definition) is 4. The quantitative estimate of drug-likeness (QED) is 0.496. The first-order valence-electron chi connectivity index (χ1n) is 10.2. The lowest BCUT2D eigenvalue weighted by molar-refractivity contribution is 0.617. The maximum atomic E-state index is 13.2. The first-order chi connectivity index (χ1) is 14.0. The van der Waals surface area contributed by atoms with Crippen LogP contribution in [0.25, 0.3) is 16.5 Å². The van der Waals surface area contributed by atoms with Gasteiger partial charge in [-0.05, 0) is 51.8 Å². The smallest absolute Gasteiger partial charge is 0.282 e. The van der Waals surface area contributed by atoms with Crippen LogP contribution in [0.2, 0.25) is 0 Å². The second-order valence-electron chi connectivity index (χ2n) is 7.49. The fourth-order valence-corrected chi connectivity index (χ4v) is 3.90. The van der Waals surface area contributed by atoms with E-state index in [0.29, 0.717) is 11.2 Å². The van der Waals surface area contributed by atoms with Crippen molar-refractivity contribution in [3.8, 4) is 5.69 Å². The molecule has 3 aromatic rings. The van der Waals surface area contributed by atoms with Gasteiger partial charge in [0.25, 0.3) is 5.56 Å². The van der Waals surface area contributed by atoms with Gasteiger partial charge in [-0.15, -0.1) is 0 Å². The third-order valence-electron chi connectivity index (χ3n) is 5.62. The maximum absolute atomic E-state index is 13.2. The normalized spacial score (nSPS) is 14.8. The number of aromatic nitrogens is 3. The van der Waals surface area contributed by atoms with Crippen molar-refractivity contribution in [2.75, 3.05) is 18.0 Å². The van der Waals surface area contributed by atoms with Gasteiger partial charge in [0.2, 0.25) is 0 Å². The number of nitrogens with zero attached hydrogens (tertiary/aromatic N) is 5. The summed E-state index contributed by atoms with van der Waals surface area (Å²) in [6.07, 6.45) is 7.59. The molecule has 1 aliphatic rings. The number of anilines is 1. The van der Waals surface area contributed by atoms with Gasteiger partial charge in [0.15, 0.2) is 0 Å². The zero-order valence-electron chi connectivity index (χ0n) is 17.5. The van der Waals surface area contributed by atoms with E-state index in [-0.39, 0.29) is 5.56 Å². The van der Waals surface area contributed by atoms with E-state index in [1.807, 2.05) is 26.8 Å². The molecule has 0 amide bonds. The van der Waals surface area contributed by atoms with E-state index in [0.717, 1.165) is 42.0 Å². The van der Waals surface area contributed by atoms with Crippen molar-refractivity contribution < 1.29 is 0 Å². The molecule has 0 aliphatic carbocycles. The third kappa shape index (κ3) is 3.28. The van der Waals surface area contributed by atoms with Crippen LogP contribution in [0.1, 0.15) is 38.1 Å². The number of aryl methyl sites for hydroxylation is 2. The Morgan fingerprint density at radius 2 is 1.97 bits per heavy atom. The summed E-state index contributed by atoms with van der Waals surface area (Å²) >= 11 is 0. The summed E-state index contributed by atoms with van der Waals surface area (Å²) in [5.74, 6) is 0.561. The zero-order valence-corrected chi connectivity index (χ0v) is 17.5. The van der Waals surface area contributed by atoms with E-state index in [9.17, 15) is 4.79 Å². The minimum Gasteiger partial charge on any atom is -0.371 e. The molecule has 0 bridgehead atoms.